The van der Waals surface area contributed by atoms with Crippen molar-refractivity contribution in [2.75, 3.05) is 16.9 Å². The molecular weight excluding hydrogens is 323 g/mol. The van der Waals surface area contributed by atoms with Crippen LogP contribution in [0.4, 0.5) is 15.8 Å². The molecule has 8 nitrogen and oxygen atoms in total. The highest BCUT2D eigenvalue weighted by Gasteiger charge is 2.30. The first kappa shape index (κ1) is 15.9. The molecule has 0 aliphatic carbocycles. The van der Waals surface area contributed by atoms with Crippen molar-refractivity contribution in [3.63, 3.8) is 0 Å². The maximum Gasteiger partial charge on any atom is 0.274 e. The minimum Gasteiger partial charge on any atom is -0.323 e. The molecule has 1 fully saturated rings. The van der Waals surface area contributed by atoms with Gasteiger partial charge >= 0.3 is 0 Å². The van der Waals surface area contributed by atoms with Crippen LogP contribution in [-0.4, -0.2) is 30.9 Å². The predicted octanol–water partition coefficient (Wildman–Crippen LogP) is 0.803. The number of benzene rings is 1. The highest BCUT2D eigenvalue weighted by atomic mass is 32.2. The van der Waals surface area contributed by atoms with Gasteiger partial charge in [-0.3, -0.25) is 16.0 Å². The van der Waals surface area contributed by atoms with Gasteiger partial charge in [0, 0.05) is 17.9 Å². The molecule has 0 amide bonds. The molecule has 1 heterocycles. The maximum atomic E-state index is 14.0. The summed E-state index contributed by atoms with van der Waals surface area (Å²) in [5.74, 6) is 5.35. The third kappa shape index (κ3) is 3.43. The minimum absolute atomic E-state index is 0.291. The summed E-state index contributed by atoms with van der Waals surface area (Å²) in [5.41, 5.74) is 1.05. The van der Waals surface area contributed by atoms with Crippen molar-refractivity contribution < 1.29 is 17.7 Å². The van der Waals surface area contributed by atoms with Gasteiger partial charge < -0.3 is 5.43 Å². The fourth-order valence-electron chi connectivity index (χ4n) is 1.97. The topological polar surface area (TPSA) is 127 Å². The molecule has 1 unspecified atom stereocenters. The van der Waals surface area contributed by atoms with Crippen LogP contribution in [-0.2, 0) is 10.0 Å². The van der Waals surface area contributed by atoms with Crippen molar-refractivity contribution in [1.29, 1.82) is 0 Å². The third-order valence-corrected chi connectivity index (χ3v) is 5.67. The molecule has 11 heteroatoms. The summed E-state index contributed by atoms with van der Waals surface area (Å²) in [6, 6.07) is 1.14. The first-order valence-electron chi connectivity index (χ1n) is 5.90. The molecule has 2 rings (SSSR count). The Bertz CT molecular complexity index is 661. The zero-order valence-corrected chi connectivity index (χ0v) is 12.3. The number of anilines is 1. The SMILES string of the molecule is NNc1cc([N+](=O)[O-])cc(F)c1S(=O)(=O)NC1CCSC1. The lowest BCUT2D eigenvalue weighted by Gasteiger charge is -2.15. The number of rotatable bonds is 5. The normalized spacial score (nSPS) is 18.7. The molecule has 21 heavy (non-hydrogen) atoms. The van der Waals surface area contributed by atoms with Crippen LogP contribution in [0.25, 0.3) is 0 Å². The van der Waals surface area contributed by atoms with Gasteiger partial charge in [-0.1, -0.05) is 0 Å². The van der Waals surface area contributed by atoms with Crippen molar-refractivity contribution in [3.8, 4) is 0 Å². The lowest BCUT2D eigenvalue weighted by atomic mass is 10.3. The number of sulfonamides is 1. The number of hydrogen-bond acceptors (Lipinski definition) is 7. The molecule has 0 saturated carbocycles. The molecular formula is C10H13FN4O4S2. The largest absolute Gasteiger partial charge is 0.323 e. The van der Waals surface area contributed by atoms with Gasteiger partial charge in [0.1, 0.15) is 4.90 Å². The van der Waals surface area contributed by atoms with Crippen LogP contribution < -0.4 is 16.0 Å². The number of hydrazine groups is 1. The number of nitrogens with one attached hydrogen (secondary N) is 2. The zero-order chi connectivity index (χ0) is 15.6. The molecule has 0 aromatic heterocycles. The van der Waals surface area contributed by atoms with E-state index < -0.39 is 31.3 Å². The number of nitrogen functional groups attached to an aromatic ring is 1. The van der Waals surface area contributed by atoms with E-state index in [9.17, 15) is 22.9 Å². The van der Waals surface area contributed by atoms with Gasteiger partial charge in [0.15, 0.2) is 5.82 Å². The van der Waals surface area contributed by atoms with Gasteiger partial charge in [0.05, 0.1) is 16.7 Å². The molecule has 4 N–H and O–H groups in total. The summed E-state index contributed by atoms with van der Waals surface area (Å²) in [5, 5.41) is 10.7. The average molecular weight is 336 g/mol. The van der Waals surface area contributed by atoms with E-state index in [-0.39, 0.29) is 11.7 Å². The van der Waals surface area contributed by atoms with Crippen LogP contribution in [0, 0.1) is 15.9 Å². The summed E-state index contributed by atoms with van der Waals surface area (Å²) in [7, 11) is -4.16. The Morgan fingerprint density at radius 1 is 1.48 bits per heavy atom. The molecule has 1 aliphatic rings. The quantitative estimate of drug-likeness (QED) is 0.412. The Morgan fingerprint density at radius 2 is 2.19 bits per heavy atom. The van der Waals surface area contributed by atoms with Crippen molar-refractivity contribution in [1.82, 2.24) is 4.72 Å². The highest BCUT2D eigenvalue weighted by Crippen LogP contribution is 2.30. The second-order valence-corrected chi connectivity index (χ2v) is 7.19. The fraction of sp³-hybridized carbons (Fsp3) is 0.400. The Labute approximate surface area is 124 Å². The van der Waals surface area contributed by atoms with Crippen LogP contribution in [0.15, 0.2) is 17.0 Å². The second-order valence-electron chi connectivity index (χ2n) is 4.39. The number of halogens is 1. The Hall–Kier alpha value is -1.43. The van der Waals surface area contributed by atoms with Gasteiger partial charge in [-0.2, -0.15) is 11.8 Å². The standard InChI is InChI=1S/C10H13FN4O4S2/c11-8-3-7(15(16)17)4-9(13-12)10(8)21(18,19)14-6-1-2-20-5-6/h3-4,6,13-14H,1-2,5,12H2. The van der Waals surface area contributed by atoms with Crippen LogP contribution in [0.1, 0.15) is 6.42 Å². The number of non-ortho nitro benzene ring substituents is 1. The molecule has 0 radical (unpaired) electrons. The van der Waals surface area contributed by atoms with Crippen molar-refractivity contribution >= 4 is 33.2 Å². The smallest absolute Gasteiger partial charge is 0.274 e. The number of hydrogen-bond donors (Lipinski definition) is 3. The maximum absolute atomic E-state index is 14.0. The zero-order valence-electron chi connectivity index (χ0n) is 10.7. The van der Waals surface area contributed by atoms with Crippen molar-refractivity contribution in [2.24, 2.45) is 5.84 Å². The lowest BCUT2D eigenvalue weighted by molar-refractivity contribution is -0.385. The summed E-state index contributed by atoms with van der Waals surface area (Å²) >= 11 is 1.59. The van der Waals surface area contributed by atoms with Crippen molar-refractivity contribution in [2.45, 2.75) is 17.4 Å². The molecule has 1 aromatic rings. The number of nitrogens with two attached hydrogens (primary N) is 1. The summed E-state index contributed by atoms with van der Waals surface area (Å²) in [6.07, 6.45) is 0.643. The summed E-state index contributed by atoms with van der Waals surface area (Å²) < 4.78 is 40.9. The number of nitro groups is 1. The van der Waals surface area contributed by atoms with E-state index in [1.807, 2.05) is 5.43 Å². The predicted molar refractivity (Wildman–Crippen MR) is 76.9 cm³/mol. The van der Waals surface area contributed by atoms with E-state index in [0.717, 1.165) is 11.8 Å². The van der Waals surface area contributed by atoms with E-state index in [2.05, 4.69) is 4.72 Å². The van der Waals surface area contributed by atoms with E-state index in [0.29, 0.717) is 18.2 Å². The van der Waals surface area contributed by atoms with E-state index in [4.69, 9.17) is 5.84 Å². The highest BCUT2D eigenvalue weighted by molar-refractivity contribution is 7.99. The molecule has 0 bridgehead atoms. The Kier molecular flexibility index (Phi) is 4.66. The summed E-state index contributed by atoms with van der Waals surface area (Å²) in [6.45, 7) is 0. The Morgan fingerprint density at radius 3 is 2.71 bits per heavy atom. The lowest BCUT2D eigenvalue weighted by Crippen LogP contribution is -2.35. The molecule has 1 saturated heterocycles. The van der Waals surface area contributed by atoms with Crippen LogP contribution in [0.3, 0.4) is 0 Å². The molecule has 0 spiro atoms. The van der Waals surface area contributed by atoms with Gasteiger partial charge in [-0.25, -0.2) is 17.5 Å². The van der Waals surface area contributed by atoms with Gasteiger partial charge in [-0.05, 0) is 12.2 Å². The van der Waals surface area contributed by atoms with Crippen LogP contribution in [0.5, 0.6) is 0 Å². The monoisotopic (exact) mass is 336 g/mol. The van der Waals surface area contributed by atoms with E-state index >= 15 is 0 Å². The number of thioether (sulfide) groups is 1. The Balaban J connectivity index is 2.44. The summed E-state index contributed by atoms with van der Waals surface area (Å²) in [4.78, 5) is 9.12. The number of nitro benzene ring substituents is 1. The third-order valence-electron chi connectivity index (χ3n) is 2.91. The van der Waals surface area contributed by atoms with Gasteiger partial charge in [0.25, 0.3) is 5.69 Å². The van der Waals surface area contributed by atoms with Gasteiger partial charge in [-0.15, -0.1) is 0 Å². The molecule has 1 aromatic carbocycles. The second kappa shape index (κ2) is 6.13. The first-order valence-corrected chi connectivity index (χ1v) is 8.53. The molecule has 1 aliphatic heterocycles. The average Bonchev–Trinajstić information content (AvgIpc) is 2.89. The number of nitrogens with zero attached hydrogens (tertiary/aromatic N) is 1. The van der Waals surface area contributed by atoms with Crippen LogP contribution >= 0.6 is 11.8 Å². The van der Waals surface area contributed by atoms with Crippen molar-refractivity contribution in [3.05, 3.63) is 28.1 Å². The van der Waals surface area contributed by atoms with Gasteiger partial charge in [0.2, 0.25) is 10.0 Å². The fourth-order valence-corrected chi connectivity index (χ4v) is 4.71. The first-order chi connectivity index (χ1) is 9.85. The van der Waals surface area contributed by atoms with E-state index in [1.165, 1.54) is 0 Å². The minimum atomic E-state index is -4.16. The molecule has 1 atom stereocenters. The molecule has 116 valence electrons. The van der Waals surface area contributed by atoms with E-state index in [1.54, 1.807) is 11.8 Å². The van der Waals surface area contributed by atoms with Crippen LogP contribution in [0.2, 0.25) is 0 Å².